The predicted octanol–water partition coefficient (Wildman–Crippen LogP) is 5.97. The van der Waals surface area contributed by atoms with Gasteiger partial charge < -0.3 is 10.1 Å². The summed E-state index contributed by atoms with van der Waals surface area (Å²) < 4.78 is 4.87. The molecule has 0 spiro atoms. The van der Waals surface area contributed by atoms with Crippen LogP contribution in [0, 0.1) is 0 Å². The van der Waals surface area contributed by atoms with Crippen molar-refractivity contribution in [3.63, 3.8) is 0 Å². The first-order valence-electron chi connectivity index (χ1n) is 6.86. The van der Waals surface area contributed by atoms with Crippen LogP contribution in [0.2, 0.25) is 15.1 Å². The average Bonchev–Trinajstić information content (AvgIpc) is 2.50. The highest BCUT2D eigenvalue weighted by Crippen LogP contribution is 2.34. The van der Waals surface area contributed by atoms with Crippen molar-refractivity contribution in [3.8, 4) is 0 Å². The van der Waals surface area contributed by atoms with Crippen molar-refractivity contribution < 1.29 is 9.53 Å². The molecule has 1 N–H and O–H groups in total. The van der Waals surface area contributed by atoms with E-state index in [-0.39, 0.29) is 0 Å². The van der Waals surface area contributed by atoms with E-state index in [9.17, 15) is 4.79 Å². The van der Waals surface area contributed by atoms with Crippen LogP contribution in [0.5, 0.6) is 0 Å². The minimum atomic E-state index is -0.413. The van der Waals surface area contributed by atoms with Gasteiger partial charge >= 0.3 is 5.97 Å². The number of hydrogen-bond acceptors (Lipinski definition) is 3. The lowest BCUT2D eigenvalue weighted by Crippen LogP contribution is -1.99. The van der Waals surface area contributed by atoms with Crippen LogP contribution in [0.15, 0.2) is 42.5 Å². The van der Waals surface area contributed by atoms with Crippen molar-refractivity contribution in [2.45, 2.75) is 6.92 Å². The van der Waals surface area contributed by atoms with Crippen LogP contribution in [0.4, 0.5) is 11.4 Å². The minimum absolute atomic E-state index is 0.324. The summed E-state index contributed by atoms with van der Waals surface area (Å²) >= 11 is 18.4. The van der Waals surface area contributed by atoms with Gasteiger partial charge in [-0.3, -0.25) is 0 Å². The summed E-state index contributed by atoms with van der Waals surface area (Å²) in [5.74, 6) is -0.413. The van der Waals surface area contributed by atoms with Crippen molar-refractivity contribution >= 4 is 58.2 Å². The number of benzene rings is 2. The van der Waals surface area contributed by atoms with E-state index in [0.717, 1.165) is 5.56 Å². The highest BCUT2D eigenvalue weighted by atomic mass is 35.5. The molecule has 0 atom stereocenters. The predicted molar refractivity (Wildman–Crippen MR) is 96.9 cm³/mol. The van der Waals surface area contributed by atoms with Crippen molar-refractivity contribution in [3.05, 3.63) is 63.1 Å². The summed E-state index contributed by atoms with van der Waals surface area (Å²) in [4.78, 5) is 11.5. The number of esters is 1. The second-order valence-electron chi connectivity index (χ2n) is 4.54. The number of rotatable bonds is 5. The number of para-hydroxylation sites is 1. The molecule has 0 aliphatic carbocycles. The summed E-state index contributed by atoms with van der Waals surface area (Å²) in [6.45, 7) is 2.07. The summed E-state index contributed by atoms with van der Waals surface area (Å²) in [5.41, 5.74) is 2.00. The van der Waals surface area contributed by atoms with Crippen LogP contribution in [0.25, 0.3) is 6.08 Å². The summed E-state index contributed by atoms with van der Waals surface area (Å²) in [5, 5.41) is 4.67. The third-order valence-corrected chi connectivity index (χ3v) is 3.79. The van der Waals surface area contributed by atoms with Crippen LogP contribution in [0.3, 0.4) is 0 Å². The van der Waals surface area contributed by atoms with E-state index in [4.69, 9.17) is 39.5 Å². The zero-order valence-electron chi connectivity index (χ0n) is 12.3. The molecule has 2 aromatic rings. The van der Waals surface area contributed by atoms with E-state index >= 15 is 0 Å². The first-order valence-corrected chi connectivity index (χ1v) is 8.00. The van der Waals surface area contributed by atoms with E-state index in [1.165, 1.54) is 6.08 Å². The number of halogens is 3. The molecule has 120 valence electrons. The van der Waals surface area contributed by atoms with Crippen molar-refractivity contribution in [2.24, 2.45) is 0 Å². The molecule has 0 fully saturated rings. The zero-order chi connectivity index (χ0) is 16.8. The molecule has 0 radical (unpaired) electrons. The average molecular weight is 371 g/mol. The molecule has 3 nitrogen and oxygen atoms in total. The molecule has 0 unspecified atom stereocenters. The van der Waals surface area contributed by atoms with Crippen LogP contribution < -0.4 is 5.32 Å². The number of nitrogens with one attached hydrogen (secondary N) is 1. The van der Waals surface area contributed by atoms with Crippen molar-refractivity contribution in [1.29, 1.82) is 0 Å². The van der Waals surface area contributed by atoms with Gasteiger partial charge in [0.1, 0.15) is 0 Å². The fourth-order valence-corrected chi connectivity index (χ4v) is 2.55. The highest BCUT2D eigenvalue weighted by molar-refractivity contribution is 6.39. The first kappa shape index (κ1) is 17.7. The normalized spacial score (nSPS) is 10.8. The van der Waals surface area contributed by atoms with Gasteiger partial charge in [-0.25, -0.2) is 4.79 Å². The Hall–Kier alpha value is -1.68. The fourth-order valence-electron chi connectivity index (χ4n) is 1.88. The maximum atomic E-state index is 11.5. The minimum Gasteiger partial charge on any atom is -0.463 e. The summed E-state index contributed by atoms with van der Waals surface area (Å²) in [7, 11) is 0. The van der Waals surface area contributed by atoms with Gasteiger partial charge in [0.25, 0.3) is 0 Å². The van der Waals surface area contributed by atoms with Gasteiger partial charge in [-0.1, -0.05) is 46.9 Å². The van der Waals surface area contributed by atoms with Gasteiger partial charge in [0.05, 0.1) is 22.3 Å². The maximum Gasteiger partial charge on any atom is 0.330 e. The quantitative estimate of drug-likeness (QED) is 0.521. The molecule has 2 rings (SSSR count). The van der Waals surface area contributed by atoms with Gasteiger partial charge in [-0.2, -0.15) is 0 Å². The standard InChI is InChI=1S/C17H14Cl3NO2/c1-2-23-16(22)9-7-11-6-8-12(18)10-15(11)21-17-13(19)4-3-5-14(17)20/h3-10,21H,2H2,1H3. The van der Waals surface area contributed by atoms with E-state index in [1.54, 1.807) is 49.4 Å². The maximum absolute atomic E-state index is 11.5. The number of hydrogen-bond donors (Lipinski definition) is 1. The lowest BCUT2D eigenvalue weighted by Gasteiger charge is -2.13. The Morgan fingerprint density at radius 1 is 1.17 bits per heavy atom. The van der Waals surface area contributed by atoms with E-state index < -0.39 is 5.97 Å². The molecule has 6 heteroatoms. The van der Waals surface area contributed by atoms with E-state index in [1.807, 2.05) is 0 Å². The monoisotopic (exact) mass is 369 g/mol. The van der Waals surface area contributed by atoms with Crippen LogP contribution in [0.1, 0.15) is 12.5 Å². The van der Waals surface area contributed by atoms with Crippen molar-refractivity contribution in [2.75, 3.05) is 11.9 Å². The van der Waals surface area contributed by atoms with Crippen LogP contribution in [-0.4, -0.2) is 12.6 Å². The fraction of sp³-hybridized carbons (Fsp3) is 0.118. The third kappa shape index (κ3) is 4.90. The highest BCUT2D eigenvalue weighted by Gasteiger charge is 2.09. The molecule has 0 saturated carbocycles. The van der Waals surface area contributed by atoms with Gasteiger partial charge in [0.2, 0.25) is 0 Å². The van der Waals surface area contributed by atoms with Crippen LogP contribution in [-0.2, 0) is 9.53 Å². The lowest BCUT2D eigenvalue weighted by atomic mass is 10.1. The Morgan fingerprint density at radius 2 is 1.87 bits per heavy atom. The Bertz CT molecular complexity index is 724. The molecule has 23 heavy (non-hydrogen) atoms. The molecule has 0 aliphatic rings. The molecular weight excluding hydrogens is 357 g/mol. The SMILES string of the molecule is CCOC(=O)C=Cc1ccc(Cl)cc1Nc1c(Cl)cccc1Cl. The molecule has 0 aromatic heterocycles. The largest absolute Gasteiger partial charge is 0.463 e. The topological polar surface area (TPSA) is 38.3 Å². The molecule has 0 bridgehead atoms. The van der Waals surface area contributed by atoms with E-state index in [0.29, 0.717) is 33.0 Å². The third-order valence-electron chi connectivity index (χ3n) is 2.92. The second-order valence-corrected chi connectivity index (χ2v) is 5.79. The van der Waals surface area contributed by atoms with Crippen LogP contribution >= 0.6 is 34.8 Å². The molecule has 0 heterocycles. The first-order chi connectivity index (χ1) is 11.0. The summed E-state index contributed by atoms with van der Waals surface area (Å²) in [6, 6.07) is 10.5. The van der Waals surface area contributed by atoms with E-state index in [2.05, 4.69) is 5.32 Å². The Kier molecular flexibility index (Phi) is 6.34. The van der Waals surface area contributed by atoms with Crippen molar-refractivity contribution in [1.82, 2.24) is 0 Å². The van der Waals surface area contributed by atoms with Gasteiger partial charge in [-0.15, -0.1) is 0 Å². The molecule has 0 saturated heterocycles. The molecular formula is C17H14Cl3NO2. The van der Waals surface area contributed by atoms with Gasteiger partial charge in [0, 0.05) is 16.8 Å². The van der Waals surface area contributed by atoms with Gasteiger partial charge in [-0.05, 0) is 42.8 Å². The number of ether oxygens (including phenoxy) is 1. The molecule has 2 aromatic carbocycles. The Labute approximate surface area is 149 Å². The summed E-state index contributed by atoms with van der Waals surface area (Å²) in [6.07, 6.45) is 2.99. The number of carbonyl (C=O) groups is 1. The molecule has 0 aliphatic heterocycles. The Balaban J connectivity index is 2.34. The zero-order valence-corrected chi connectivity index (χ0v) is 14.5. The second kappa shape index (κ2) is 8.25. The lowest BCUT2D eigenvalue weighted by molar-refractivity contribution is -0.137. The Morgan fingerprint density at radius 3 is 2.52 bits per heavy atom. The molecule has 0 amide bonds. The smallest absolute Gasteiger partial charge is 0.330 e. The number of carbonyl (C=O) groups excluding carboxylic acids is 1. The van der Waals surface area contributed by atoms with Gasteiger partial charge in [0.15, 0.2) is 0 Å². The number of anilines is 2.